The maximum absolute atomic E-state index is 7.67. The number of hydrogen-bond acceptors (Lipinski definition) is 0. The minimum absolute atomic E-state index is 0.0875. The quantitative estimate of drug-likeness (QED) is 0.109. The maximum atomic E-state index is 7.67. The Balaban J connectivity index is 1.89. The van der Waals surface area contributed by atoms with Crippen LogP contribution in [0.5, 0.6) is 0 Å². The normalized spacial score (nSPS) is 13.1. The van der Waals surface area contributed by atoms with Crippen molar-refractivity contribution in [3.05, 3.63) is 82.8 Å². The van der Waals surface area contributed by atoms with Gasteiger partial charge in [0.25, 0.3) is 0 Å². The lowest BCUT2D eigenvalue weighted by atomic mass is 9.86. The van der Waals surface area contributed by atoms with Gasteiger partial charge in [-0.05, 0) is 52.6 Å². The van der Waals surface area contributed by atoms with Crippen molar-refractivity contribution in [2.75, 3.05) is 0 Å². The molecule has 0 radical (unpaired) electrons. The van der Waals surface area contributed by atoms with Crippen molar-refractivity contribution < 1.29 is 4.57 Å². The molecule has 3 aromatic heterocycles. The van der Waals surface area contributed by atoms with Gasteiger partial charge in [0.1, 0.15) is 7.05 Å². The fraction of sp³-hybridized carbons (Fsp3) is 0.312. The van der Waals surface area contributed by atoms with Gasteiger partial charge in [0.05, 0.1) is 33.7 Å². The Bertz CT molecular complexity index is 1850. The monoisotopic (exact) mass is 458 g/mol. The number of hydrogen-bond donors (Lipinski definition) is 0. The van der Waals surface area contributed by atoms with Gasteiger partial charge in [-0.3, -0.25) is 0 Å². The van der Waals surface area contributed by atoms with Gasteiger partial charge in [0, 0.05) is 30.7 Å². The fourth-order valence-corrected chi connectivity index (χ4v) is 5.89. The first kappa shape index (κ1) is 21.9. The van der Waals surface area contributed by atoms with E-state index < -0.39 is 5.54 Å². The molecule has 0 saturated carbocycles. The molecule has 0 aliphatic carbocycles. The van der Waals surface area contributed by atoms with Crippen molar-refractivity contribution in [1.29, 1.82) is 0 Å². The molecule has 35 heavy (non-hydrogen) atoms. The molecule has 3 heteroatoms. The molecular weight excluding hydrogens is 426 g/mol. The van der Waals surface area contributed by atoms with Crippen LogP contribution < -0.4 is 4.57 Å². The molecule has 0 atom stereocenters. The minimum atomic E-state index is -0.429. The summed E-state index contributed by atoms with van der Waals surface area (Å²) >= 11 is 0. The molecule has 174 valence electrons. The van der Waals surface area contributed by atoms with Gasteiger partial charge >= 0.3 is 0 Å². The van der Waals surface area contributed by atoms with Gasteiger partial charge < -0.3 is 9.25 Å². The fourth-order valence-electron chi connectivity index (χ4n) is 5.89. The molecule has 3 aromatic carbocycles. The molecule has 0 unspecified atom stereocenters. The van der Waals surface area contributed by atoms with Gasteiger partial charge in [-0.15, -0.1) is 0 Å². The van der Waals surface area contributed by atoms with Crippen LogP contribution in [0.4, 0.5) is 0 Å². The van der Waals surface area contributed by atoms with Crippen LogP contribution >= 0.6 is 0 Å². The molecular formula is C32H32N3+. The summed E-state index contributed by atoms with van der Waals surface area (Å²) < 4.78 is 4.77. The summed E-state index contributed by atoms with van der Waals surface area (Å²) in [6, 6.07) is 18.4. The third-order valence-electron chi connectivity index (χ3n) is 7.70. The first-order chi connectivity index (χ1) is 16.5. The average Bonchev–Trinajstić information content (AvgIpc) is 3.13. The van der Waals surface area contributed by atoms with Gasteiger partial charge in [0.15, 0.2) is 6.20 Å². The van der Waals surface area contributed by atoms with Crippen LogP contribution in [0.15, 0.2) is 54.7 Å². The Morgan fingerprint density at radius 1 is 0.886 bits per heavy atom. The molecule has 0 N–H and O–H groups in total. The van der Waals surface area contributed by atoms with Crippen molar-refractivity contribution in [3.63, 3.8) is 0 Å². The van der Waals surface area contributed by atoms with E-state index in [1.165, 1.54) is 65.7 Å². The van der Waals surface area contributed by atoms with E-state index >= 15 is 0 Å². The predicted molar refractivity (Wildman–Crippen MR) is 148 cm³/mol. The Labute approximate surface area is 206 Å². The number of pyridine rings is 2. The molecule has 0 aliphatic heterocycles. The second kappa shape index (κ2) is 6.95. The summed E-state index contributed by atoms with van der Waals surface area (Å²) in [5.41, 5.74) is 8.57. The molecule has 0 bridgehead atoms. The van der Waals surface area contributed by atoms with Gasteiger partial charge in [-0.2, -0.15) is 0 Å². The largest absolute Gasteiger partial charge is 0.311 e. The molecule has 3 heterocycles. The Hall–Kier alpha value is -3.64. The predicted octanol–water partition coefficient (Wildman–Crippen LogP) is 7.66. The number of rotatable bonds is 2. The van der Waals surface area contributed by atoms with Gasteiger partial charge in [-0.1, -0.05) is 45.0 Å². The van der Waals surface area contributed by atoms with Crippen LogP contribution in [-0.2, 0) is 18.9 Å². The van der Waals surface area contributed by atoms with E-state index in [9.17, 15) is 0 Å². The summed E-state index contributed by atoms with van der Waals surface area (Å²) in [5.74, 6) is 0. The lowest BCUT2D eigenvalue weighted by Gasteiger charge is -2.19. The lowest BCUT2D eigenvalue weighted by molar-refractivity contribution is -0.643. The van der Waals surface area contributed by atoms with Crippen molar-refractivity contribution in [2.24, 2.45) is 7.05 Å². The van der Waals surface area contributed by atoms with E-state index in [1.807, 2.05) is 13.8 Å². The van der Waals surface area contributed by atoms with E-state index in [2.05, 4.69) is 103 Å². The van der Waals surface area contributed by atoms with Crippen LogP contribution in [0.1, 0.15) is 51.3 Å². The smallest absolute Gasteiger partial charge is 0.231 e. The molecule has 0 aliphatic rings. The Kier molecular flexibility index (Phi) is 4.34. The number of benzene rings is 3. The first-order valence-corrected chi connectivity index (χ1v) is 12.4. The Morgan fingerprint density at radius 3 is 2.37 bits per heavy atom. The second-order valence-electron chi connectivity index (χ2n) is 11.9. The van der Waals surface area contributed by atoms with E-state index in [1.54, 1.807) is 0 Å². The average molecular weight is 459 g/mol. The van der Waals surface area contributed by atoms with Crippen molar-refractivity contribution >= 4 is 49.0 Å². The van der Waals surface area contributed by atoms with Gasteiger partial charge in [-0.25, -0.2) is 11.1 Å². The third-order valence-corrected chi connectivity index (χ3v) is 7.70. The maximum Gasteiger partial charge on any atom is 0.231 e. The minimum Gasteiger partial charge on any atom is -0.311 e. The van der Waals surface area contributed by atoms with E-state index in [-0.39, 0.29) is 5.41 Å². The number of aryl methyl sites for hydroxylation is 2. The second-order valence-corrected chi connectivity index (χ2v) is 11.9. The van der Waals surface area contributed by atoms with Crippen LogP contribution in [0.25, 0.3) is 53.8 Å². The SMILES string of the molecule is [C-]#[N+]C(C)(C)Cc1cc2cc[n+](C)c3c4c(C)ccc5c6cc(C(C)(C)C)ccc6n(c(c1)c23)c54. The van der Waals surface area contributed by atoms with Crippen LogP contribution in [0.3, 0.4) is 0 Å². The lowest BCUT2D eigenvalue weighted by Crippen LogP contribution is -2.29. The van der Waals surface area contributed by atoms with Crippen molar-refractivity contribution in [3.8, 4) is 0 Å². The summed E-state index contributed by atoms with van der Waals surface area (Å²) in [4.78, 5) is 3.89. The zero-order valence-electron chi connectivity index (χ0n) is 21.7. The number of nitrogens with zero attached hydrogens (tertiary/aromatic N) is 3. The highest BCUT2D eigenvalue weighted by atomic mass is 15.0. The molecule has 0 amide bonds. The molecule has 6 aromatic rings. The van der Waals surface area contributed by atoms with E-state index in [0.717, 1.165) is 6.42 Å². The summed E-state index contributed by atoms with van der Waals surface area (Å²) in [5, 5.41) is 6.47. The zero-order valence-corrected chi connectivity index (χ0v) is 21.7. The molecule has 0 spiro atoms. The van der Waals surface area contributed by atoms with Gasteiger partial charge in [0.2, 0.25) is 11.1 Å². The van der Waals surface area contributed by atoms with E-state index in [4.69, 9.17) is 6.57 Å². The highest BCUT2D eigenvalue weighted by Gasteiger charge is 2.27. The topological polar surface area (TPSA) is 12.7 Å². The van der Waals surface area contributed by atoms with Crippen LogP contribution in [0.2, 0.25) is 0 Å². The summed E-state index contributed by atoms with van der Waals surface area (Å²) in [7, 11) is 2.16. The highest BCUT2D eigenvalue weighted by Crippen LogP contribution is 2.42. The van der Waals surface area contributed by atoms with Crippen LogP contribution in [-0.4, -0.2) is 9.94 Å². The molecule has 3 nitrogen and oxygen atoms in total. The first-order valence-electron chi connectivity index (χ1n) is 12.4. The van der Waals surface area contributed by atoms with E-state index in [0.29, 0.717) is 0 Å². The molecule has 0 saturated heterocycles. The third kappa shape index (κ3) is 3.06. The zero-order chi connectivity index (χ0) is 24.9. The summed E-state index contributed by atoms with van der Waals surface area (Å²) in [6.45, 7) is 20.8. The number of fused-ring (bicyclic) bond motifs is 5. The summed E-state index contributed by atoms with van der Waals surface area (Å²) in [6.07, 6.45) is 2.91. The van der Waals surface area contributed by atoms with Crippen LogP contribution in [0, 0.1) is 13.5 Å². The molecule has 6 rings (SSSR count). The molecule has 0 fully saturated rings. The Morgan fingerprint density at radius 2 is 1.66 bits per heavy atom. The number of aromatic nitrogens is 2. The highest BCUT2D eigenvalue weighted by molar-refractivity contribution is 6.25. The standard InChI is InChI=1S/C32H32N3/c1-19-9-11-23-24-17-22(31(2,3)4)10-12-25(24)35-26-16-20(18-32(5,6)33-7)15-21-13-14-34(8)30(28(21)26)27(19)29(23)35/h9-17H,18H2,1-6,8H3/q+1. The van der Waals surface area contributed by atoms with Crippen molar-refractivity contribution in [1.82, 2.24) is 4.40 Å². The van der Waals surface area contributed by atoms with Crippen molar-refractivity contribution in [2.45, 2.75) is 58.9 Å².